The number of anilines is 1. The first-order chi connectivity index (χ1) is 10.4. The standard InChI is InChI=1S/C16H24N2O3S/c1-17(16(19)10-12-22(2,20)21)15-9-6-11-18(13-15)14-7-4-3-5-8-14/h3-5,7-8,15H,6,9-13H2,1-2H3. The summed E-state index contributed by atoms with van der Waals surface area (Å²) in [6.07, 6.45) is 3.23. The number of rotatable bonds is 5. The van der Waals surface area contributed by atoms with Crippen molar-refractivity contribution in [3.05, 3.63) is 30.3 Å². The minimum absolute atomic E-state index is 0.0666. The first-order valence-electron chi connectivity index (χ1n) is 7.60. The number of sulfone groups is 1. The maximum Gasteiger partial charge on any atom is 0.223 e. The lowest BCUT2D eigenvalue weighted by atomic mass is 10.0. The highest BCUT2D eigenvalue weighted by molar-refractivity contribution is 7.90. The number of carbonyl (C=O) groups is 1. The van der Waals surface area contributed by atoms with Gasteiger partial charge in [-0.1, -0.05) is 18.2 Å². The fourth-order valence-corrected chi connectivity index (χ4v) is 3.34. The van der Waals surface area contributed by atoms with E-state index in [0.717, 1.165) is 32.2 Å². The minimum Gasteiger partial charge on any atom is -0.369 e. The maximum absolute atomic E-state index is 12.2. The number of hydrogen-bond acceptors (Lipinski definition) is 4. The van der Waals surface area contributed by atoms with Crippen molar-refractivity contribution in [2.24, 2.45) is 0 Å². The molecule has 1 aromatic carbocycles. The van der Waals surface area contributed by atoms with E-state index in [1.54, 1.807) is 11.9 Å². The molecule has 1 saturated heterocycles. The average Bonchev–Trinajstić information content (AvgIpc) is 2.52. The van der Waals surface area contributed by atoms with Crippen LogP contribution in [-0.2, 0) is 14.6 Å². The van der Waals surface area contributed by atoms with Crippen LogP contribution in [0.5, 0.6) is 0 Å². The van der Waals surface area contributed by atoms with Gasteiger partial charge >= 0.3 is 0 Å². The van der Waals surface area contributed by atoms with Crippen LogP contribution in [0.25, 0.3) is 0 Å². The smallest absolute Gasteiger partial charge is 0.223 e. The summed E-state index contributed by atoms with van der Waals surface area (Å²) in [6.45, 7) is 1.79. The molecule has 0 aliphatic carbocycles. The van der Waals surface area contributed by atoms with Gasteiger partial charge in [-0.2, -0.15) is 0 Å². The molecular formula is C16H24N2O3S. The van der Waals surface area contributed by atoms with Crippen molar-refractivity contribution >= 4 is 21.4 Å². The maximum atomic E-state index is 12.2. The number of benzene rings is 1. The van der Waals surface area contributed by atoms with E-state index in [0.29, 0.717) is 0 Å². The van der Waals surface area contributed by atoms with E-state index in [1.165, 1.54) is 5.69 Å². The van der Waals surface area contributed by atoms with Crippen molar-refractivity contribution in [2.45, 2.75) is 25.3 Å². The van der Waals surface area contributed by atoms with Crippen molar-refractivity contribution in [1.82, 2.24) is 4.90 Å². The van der Waals surface area contributed by atoms with Crippen LogP contribution in [0.4, 0.5) is 5.69 Å². The summed E-state index contributed by atoms with van der Waals surface area (Å²) in [7, 11) is -1.31. The van der Waals surface area contributed by atoms with Crippen LogP contribution in [0.2, 0.25) is 0 Å². The monoisotopic (exact) mass is 324 g/mol. The summed E-state index contributed by atoms with van der Waals surface area (Å²) in [5, 5.41) is 0. The summed E-state index contributed by atoms with van der Waals surface area (Å²) < 4.78 is 22.4. The van der Waals surface area contributed by atoms with Gasteiger partial charge in [0.15, 0.2) is 0 Å². The second-order valence-corrected chi connectivity index (χ2v) is 8.22. The quantitative estimate of drug-likeness (QED) is 0.824. The fourth-order valence-electron chi connectivity index (χ4n) is 2.80. The van der Waals surface area contributed by atoms with Crippen molar-refractivity contribution in [3.63, 3.8) is 0 Å². The van der Waals surface area contributed by atoms with Crippen molar-refractivity contribution in [2.75, 3.05) is 37.0 Å². The Hall–Kier alpha value is -1.56. The number of carbonyl (C=O) groups excluding carboxylic acids is 1. The van der Waals surface area contributed by atoms with Gasteiger partial charge in [-0.05, 0) is 25.0 Å². The average molecular weight is 324 g/mol. The lowest BCUT2D eigenvalue weighted by Gasteiger charge is -2.39. The Labute approximate surface area is 132 Å². The summed E-state index contributed by atoms with van der Waals surface area (Å²) in [6, 6.07) is 10.3. The van der Waals surface area contributed by atoms with Gasteiger partial charge in [-0.25, -0.2) is 8.42 Å². The molecule has 0 N–H and O–H groups in total. The highest BCUT2D eigenvalue weighted by atomic mass is 32.2. The Morgan fingerprint density at radius 3 is 2.64 bits per heavy atom. The molecule has 1 unspecified atom stereocenters. The molecule has 1 fully saturated rings. The van der Waals surface area contributed by atoms with Gasteiger partial charge < -0.3 is 9.80 Å². The number of piperidine rings is 1. The molecule has 6 heteroatoms. The lowest BCUT2D eigenvalue weighted by Crippen LogP contribution is -2.48. The van der Waals surface area contributed by atoms with Crippen molar-refractivity contribution < 1.29 is 13.2 Å². The largest absolute Gasteiger partial charge is 0.369 e. The van der Waals surface area contributed by atoms with Gasteiger partial charge in [0.2, 0.25) is 5.91 Å². The summed E-state index contributed by atoms with van der Waals surface area (Å²) in [5.74, 6) is -0.170. The Morgan fingerprint density at radius 1 is 1.32 bits per heavy atom. The normalized spacial score (nSPS) is 19.0. The van der Waals surface area contributed by atoms with E-state index in [9.17, 15) is 13.2 Å². The summed E-state index contributed by atoms with van der Waals surface area (Å²) in [4.78, 5) is 16.2. The highest BCUT2D eigenvalue weighted by Gasteiger charge is 2.26. The third kappa shape index (κ3) is 4.73. The Kier molecular flexibility index (Phi) is 5.45. The van der Waals surface area contributed by atoms with E-state index in [1.807, 2.05) is 18.2 Å². The fraction of sp³-hybridized carbons (Fsp3) is 0.562. The number of amides is 1. The third-order valence-corrected chi connectivity index (χ3v) is 5.09. The van der Waals surface area contributed by atoms with E-state index < -0.39 is 9.84 Å². The summed E-state index contributed by atoms with van der Waals surface area (Å²) >= 11 is 0. The highest BCUT2D eigenvalue weighted by Crippen LogP contribution is 2.22. The van der Waals surface area contributed by atoms with Crippen LogP contribution in [0.15, 0.2) is 30.3 Å². The molecule has 1 aliphatic rings. The molecule has 1 amide bonds. The van der Waals surface area contributed by atoms with Crippen LogP contribution in [0.3, 0.4) is 0 Å². The van der Waals surface area contributed by atoms with E-state index >= 15 is 0 Å². The van der Waals surface area contributed by atoms with Gasteiger partial charge in [-0.15, -0.1) is 0 Å². The van der Waals surface area contributed by atoms with Crippen LogP contribution < -0.4 is 4.90 Å². The van der Waals surface area contributed by atoms with Crippen LogP contribution in [-0.4, -0.2) is 57.4 Å². The predicted octanol–water partition coefficient (Wildman–Crippen LogP) is 1.55. The van der Waals surface area contributed by atoms with Gasteiger partial charge in [0.1, 0.15) is 9.84 Å². The third-order valence-electron chi connectivity index (χ3n) is 4.15. The molecule has 22 heavy (non-hydrogen) atoms. The molecule has 0 bridgehead atoms. The zero-order chi connectivity index (χ0) is 16.2. The SMILES string of the molecule is CN(C(=O)CCS(C)(=O)=O)C1CCCN(c2ccccc2)C1. The first-order valence-corrected chi connectivity index (χ1v) is 9.66. The zero-order valence-corrected chi connectivity index (χ0v) is 14.1. The molecule has 0 aromatic heterocycles. The molecule has 1 aromatic rings. The molecule has 0 saturated carbocycles. The van der Waals surface area contributed by atoms with Crippen LogP contribution in [0, 0.1) is 0 Å². The van der Waals surface area contributed by atoms with Crippen molar-refractivity contribution in [1.29, 1.82) is 0 Å². The molecule has 1 aliphatic heterocycles. The van der Waals surface area contributed by atoms with Crippen molar-refractivity contribution in [3.8, 4) is 0 Å². The molecule has 0 radical (unpaired) electrons. The van der Waals surface area contributed by atoms with Gasteiger partial charge in [0.05, 0.1) is 5.75 Å². The zero-order valence-electron chi connectivity index (χ0n) is 13.2. The van der Waals surface area contributed by atoms with Crippen LogP contribution in [0.1, 0.15) is 19.3 Å². The lowest BCUT2D eigenvalue weighted by molar-refractivity contribution is -0.131. The second kappa shape index (κ2) is 7.13. The molecule has 2 rings (SSSR count). The Bertz CT molecular complexity index is 601. The second-order valence-electron chi connectivity index (χ2n) is 5.96. The molecule has 5 nitrogen and oxygen atoms in total. The number of hydrogen-bond donors (Lipinski definition) is 0. The minimum atomic E-state index is -3.10. The first kappa shape index (κ1) is 16.8. The van der Waals surface area contributed by atoms with E-state index in [-0.39, 0.29) is 24.1 Å². The summed E-state index contributed by atoms with van der Waals surface area (Å²) in [5.41, 5.74) is 1.17. The molecule has 0 spiro atoms. The predicted molar refractivity (Wildman–Crippen MR) is 88.8 cm³/mol. The number of likely N-dealkylation sites (N-methyl/N-ethyl adjacent to an activating group) is 1. The number of nitrogens with zero attached hydrogens (tertiary/aromatic N) is 2. The number of para-hydroxylation sites is 1. The van der Waals surface area contributed by atoms with Crippen LogP contribution >= 0.6 is 0 Å². The Balaban J connectivity index is 1.95. The Morgan fingerprint density at radius 2 is 2.00 bits per heavy atom. The molecular weight excluding hydrogens is 300 g/mol. The molecule has 1 heterocycles. The van der Waals surface area contributed by atoms with Gasteiger partial charge in [0.25, 0.3) is 0 Å². The van der Waals surface area contributed by atoms with E-state index in [2.05, 4.69) is 17.0 Å². The van der Waals surface area contributed by atoms with Gasteiger partial charge in [0, 0.05) is 44.5 Å². The van der Waals surface area contributed by atoms with Gasteiger partial charge in [-0.3, -0.25) is 4.79 Å². The molecule has 122 valence electrons. The van der Waals surface area contributed by atoms with E-state index in [4.69, 9.17) is 0 Å². The topological polar surface area (TPSA) is 57.7 Å². The molecule has 1 atom stereocenters.